The first kappa shape index (κ1) is 17.9. The van der Waals surface area contributed by atoms with Gasteiger partial charge < -0.3 is 15.4 Å². The van der Waals surface area contributed by atoms with Gasteiger partial charge >= 0.3 is 0 Å². The van der Waals surface area contributed by atoms with Crippen LogP contribution in [0.15, 0.2) is 36.2 Å². The molecule has 0 aromatic carbocycles. The molecule has 26 heavy (non-hydrogen) atoms. The maximum absolute atomic E-state index is 10.6. The molecule has 1 aliphatic rings. The molecule has 0 saturated heterocycles. The molecule has 0 bridgehead atoms. The fraction of sp³-hybridized carbons (Fsp3) is 0.350. The highest BCUT2D eigenvalue weighted by molar-refractivity contribution is 5.90. The highest BCUT2D eigenvalue weighted by atomic mass is 16.5. The number of methoxy groups -OCH3 is 1. The summed E-state index contributed by atoms with van der Waals surface area (Å²) in [4.78, 5) is 19.4. The molecule has 0 radical (unpaired) electrons. The molecule has 136 valence electrons. The van der Waals surface area contributed by atoms with Gasteiger partial charge in [-0.2, -0.15) is 0 Å². The number of ether oxygens (including phenoxy) is 1. The molecule has 1 unspecified atom stereocenters. The van der Waals surface area contributed by atoms with Crippen LogP contribution in [0.2, 0.25) is 0 Å². The van der Waals surface area contributed by atoms with Crippen molar-refractivity contribution < 1.29 is 9.53 Å². The molecule has 6 heteroatoms. The number of aromatic nitrogens is 2. The molecule has 0 spiro atoms. The zero-order valence-corrected chi connectivity index (χ0v) is 15.4. The number of carbonyl (C=O) groups is 1. The predicted molar refractivity (Wildman–Crippen MR) is 104 cm³/mol. The largest absolute Gasteiger partial charge is 0.481 e. The number of hydrogen-bond acceptors (Lipinski definition) is 5. The van der Waals surface area contributed by atoms with E-state index in [2.05, 4.69) is 46.7 Å². The second kappa shape index (κ2) is 7.99. The van der Waals surface area contributed by atoms with Crippen molar-refractivity contribution in [1.82, 2.24) is 15.3 Å². The quantitative estimate of drug-likeness (QED) is 0.744. The zero-order valence-electron chi connectivity index (χ0n) is 15.4. The summed E-state index contributed by atoms with van der Waals surface area (Å²) in [6, 6.07) is 4.13. The smallest absolute Gasteiger partial charge is 0.221 e. The molecular weight excluding hydrogens is 328 g/mol. The molecule has 2 N–H and O–H groups in total. The van der Waals surface area contributed by atoms with Crippen molar-refractivity contribution in [3.8, 4) is 5.88 Å². The van der Waals surface area contributed by atoms with Gasteiger partial charge in [0, 0.05) is 41.0 Å². The maximum Gasteiger partial charge on any atom is 0.221 e. The summed E-state index contributed by atoms with van der Waals surface area (Å²) in [7, 11) is 1.61. The van der Waals surface area contributed by atoms with Gasteiger partial charge in [0.1, 0.15) is 5.82 Å². The topological polar surface area (TPSA) is 76.1 Å². The van der Waals surface area contributed by atoms with Crippen molar-refractivity contribution in [2.24, 2.45) is 0 Å². The number of carbonyl (C=O) groups excluding carboxylic acids is 1. The van der Waals surface area contributed by atoms with E-state index in [0.717, 1.165) is 28.5 Å². The molecule has 6 nitrogen and oxygen atoms in total. The summed E-state index contributed by atoms with van der Waals surface area (Å²) in [5.74, 6) is 1.01. The first-order valence-corrected chi connectivity index (χ1v) is 8.86. The Morgan fingerprint density at radius 2 is 2.23 bits per heavy atom. The third kappa shape index (κ3) is 3.69. The molecule has 1 atom stereocenters. The van der Waals surface area contributed by atoms with E-state index >= 15 is 0 Å². The number of anilines is 1. The lowest BCUT2D eigenvalue weighted by Crippen LogP contribution is -2.25. The van der Waals surface area contributed by atoms with Crippen molar-refractivity contribution >= 4 is 28.7 Å². The van der Waals surface area contributed by atoms with Crippen LogP contribution in [0.3, 0.4) is 0 Å². The predicted octanol–water partition coefficient (Wildman–Crippen LogP) is 3.66. The van der Waals surface area contributed by atoms with Crippen molar-refractivity contribution in [2.75, 3.05) is 12.4 Å². The number of nitrogens with one attached hydrogen (secondary N) is 2. The number of unbranched alkanes of at least 4 members (excludes halogenated alkanes) is 1. The van der Waals surface area contributed by atoms with Crippen LogP contribution >= 0.6 is 0 Å². The van der Waals surface area contributed by atoms with Gasteiger partial charge in [0.25, 0.3) is 0 Å². The lowest BCUT2D eigenvalue weighted by atomic mass is 9.94. The van der Waals surface area contributed by atoms with Crippen LogP contribution in [-0.2, 0) is 4.79 Å². The van der Waals surface area contributed by atoms with Gasteiger partial charge in [-0.15, -0.1) is 0 Å². The van der Waals surface area contributed by atoms with E-state index < -0.39 is 0 Å². The minimum absolute atomic E-state index is 0.372. The Morgan fingerprint density at radius 1 is 1.38 bits per heavy atom. The van der Waals surface area contributed by atoms with Gasteiger partial charge in [-0.25, -0.2) is 9.97 Å². The number of dihydropyridines is 1. The van der Waals surface area contributed by atoms with E-state index in [1.54, 1.807) is 19.4 Å². The van der Waals surface area contributed by atoms with Gasteiger partial charge in [0.05, 0.1) is 12.6 Å². The van der Waals surface area contributed by atoms with Gasteiger partial charge in [-0.05, 0) is 25.0 Å². The Bertz CT molecular complexity index is 873. The molecule has 1 aliphatic heterocycles. The molecule has 1 amide bonds. The van der Waals surface area contributed by atoms with E-state index in [4.69, 9.17) is 4.74 Å². The molecule has 2 aromatic rings. The summed E-state index contributed by atoms with van der Waals surface area (Å²) in [5, 5.41) is 6.90. The van der Waals surface area contributed by atoms with Crippen LogP contribution in [0.25, 0.3) is 16.5 Å². The molecule has 2 aromatic heterocycles. The second-order valence-corrected chi connectivity index (χ2v) is 6.39. The second-order valence-electron chi connectivity index (χ2n) is 6.39. The lowest BCUT2D eigenvalue weighted by Gasteiger charge is -2.23. The first-order valence-electron chi connectivity index (χ1n) is 8.86. The van der Waals surface area contributed by atoms with Gasteiger partial charge in [-0.3, -0.25) is 4.79 Å². The minimum atomic E-state index is 0.372. The van der Waals surface area contributed by atoms with Crippen LogP contribution in [0.4, 0.5) is 5.82 Å². The Balaban J connectivity index is 1.97. The monoisotopic (exact) mass is 352 g/mol. The Hall–Kier alpha value is -2.89. The molecular formula is C20H24N4O2. The van der Waals surface area contributed by atoms with Crippen LogP contribution in [0.5, 0.6) is 5.88 Å². The zero-order chi connectivity index (χ0) is 18.5. The Kier molecular flexibility index (Phi) is 5.51. The van der Waals surface area contributed by atoms with Gasteiger partial charge in [0.2, 0.25) is 12.3 Å². The normalized spacial score (nSPS) is 16.5. The van der Waals surface area contributed by atoms with Crippen LogP contribution in [0, 0.1) is 0 Å². The number of fused-ring (bicyclic) bond motifs is 1. The summed E-state index contributed by atoms with van der Waals surface area (Å²) in [6.45, 7) is 4.32. The van der Waals surface area contributed by atoms with E-state index in [1.165, 1.54) is 18.4 Å². The fourth-order valence-electron chi connectivity index (χ4n) is 3.16. The van der Waals surface area contributed by atoms with Crippen molar-refractivity contribution in [3.05, 3.63) is 41.7 Å². The summed E-state index contributed by atoms with van der Waals surface area (Å²) in [5.41, 5.74) is 3.92. The minimum Gasteiger partial charge on any atom is -0.481 e. The third-order valence-corrected chi connectivity index (χ3v) is 4.54. The van der Waals surface area contributed by atoms with E-state index in [1.807, 2.05) is 6.07 Å². The van der Waals surface area contributed by atoms with Gasteiger partial charge in [-0.1, -0.05) is 25.8 Å². The molecule has 0 saturated carbocycles. The van der Waals surface area contributed by atoms with Crippen molar-refractivity contribution in [2.45, 2.75) is 39.2 Å². The van der Waals surface area contributed by atoms with E-state index in [-0.39, 0.29) is 0 Å². The molecule has 3 rings (SSSR count). The number of nitrogens with zero attached hydrogens (tertiary/aromatic N) is 2. The van der Waals surface area contributed by atoms with Crippen LogP contribution < -0.4 is 15.4 Å². The molecule has 0 aliphatic carbocycles. The lowest BCUT2D eigenvalue weighted by molar-refractivity contribution is -0.105. The standard InChI is InChI=1S/C20H24N4O2/c1-4-5-6-15-7-13(2)17(11-21-15)16-8-14-10-22-19(23-12-25)9-18(14)24-20(16)26-3/h7-12,15,21H,4-6H2,1-3H3,(H,22,23,25). The number of rotatable bonds is 7. The third-order valence-electron chi connectivity index (χ3n) is 4.54. The Morgan fingerprint density at radius 3 is 2.92 bits per heavy atom. The molecule has 0 fully saturated rings. The Labute approximate surface area is 153 Å². The summed E-state index contributed by atoms with van der Waals surface area (Å²) < 4.78 is 5.53. The number of amides is 1. The first-order chi connectivity index (χ1) is 12.7. The SMILES string of the molecule is CCCCC1C=C(C)C(c2cc3cnc(NC=O)cc3nc2OC)=CN1. The van der Waals surface area contributed by atoms with Crippen molar-refractivity contribution in [1.29, 1.82) is 0 Å². The summed E-state index contributed by atoms with van der Waals surface area (Å²) in [6.07, 6.45) is 10.1. The van der Waals surface area contributed by atoms with Crippen LogP contribution in [0.1, 0.15) is 38.7 Å². The fourth-order valence-corrected chi connectivity index (χ4v) is 3.16. The molecule has 3 heterocycles. The van der Waals surface area contributed by atoms with Gasteiger partial charge in [0.15, 0.2) is 0 Å². The van der Waals surface area contributed by atoms with E-state index in [9.17, 15) is 4.79 Å². The average molecular weight is 352 g/mol. The average Bonchev–Trinajstić information content (AvgIpc) is 2.65. The number of allylic oxidation sites excluding steroid dienone is 2. The van der Waals surface area contributed by atoms with Crippen molar-refractivity contribution in [3.63, 3.8) is 0 Å². The van der Waals surface area contributed by atoms with Crippen LogP contribution in [-0.4, -0.2) is 29.5 Å². The highest BCUT2D eigenvalue weighted by Gasteiger charge is 2.18. The summed E-state index contributed by atoms with van der Waals surface area (Å²) >= 11 is 0. The highest BCUT2D eigenvalue weighted by Crippen LogP contribution is 2.34. The maximum atomic E-state index is 10.6. The number of pyridine rings is 2. The number of hydrogen-bond donors (Lipinski definition) is 2. The van der Waals surface area contributed by atoms with E-state index in [0.29, 0.717) is 24.1 Å².